The lowest BCUT2D eigenvalue weighted by atomic mass is 9.88. The van der Waals surface area contributed by atoms with E-state index < -0.39 is 0 Å². The van der Waals surface area contributed by atoms with Gasteiger partial charge in [0.1, 0.15) is 0 Å². The summed E-state index contributed by atoms with van der Waals surface area (Å²) in [5.41, 5.74) is 8.57. The summed E-state index contributed by atoms with van der Waals surface area (Å²) in [5, 5.41) is 7.52. The van der Waals surface area contributed by atoms with Gasteiger partial charge in [-0.3, -0.25) is 0 Å². The van der Waals surface area contributed by atoms with Gasteiger partial charge >= 0.3 is 0 Å². The first-order valence-corrected chi connectivity index (χ1v) is 13.5. The third-order valence-corrected chi connectivity index (χ3v) is 7.77. The van der Waals surface area contributed by atoms with Crippen molar-refractivity contribution in [2.75, 3.05) is 4.90 Å². The molecule has 1 nitrogen and oxygen atoms in total. The molecular weight excluding hydrogens is 470 g/mol. The molecule has 0 N–H and O–H groups in total. The van der Waals surface area contributed by atoms with Crippen molar-refractivity contribution in [3.8, 4) is 11.1 Å². The standard InChI is InChI=1S/C38H29N/c1-26-18-22-29(23-19-26)39(30-24-20-27(2)21-25-30)38-35-15-7-5-13-33(35)37(34-14-6-8-16-36(34)38)32-17-9-11-28-10-3-4-12-31(28)32/h3-25H,1-2H3. The molecule has 0 saturated heterocycles. The van der Waals surface area contributed by atoms with Crippen LogP contribution in [-0.4, -0.2) is 0 Å². The summed E-state index contributed by atoms with van der Waals surface area (Å²) < 4.78 is 0. The van der Waals surface area contributed by atoms with Crippen molar-refractivity contribution in [1.29, 1.82) is 0 Å². The van der Waals surface area contributed by atoms with Gasteiger partial charge in [-0.25, -0.2) is 0 Å². The average Bonchev–Trinajstić information content (AvgIpc) is 2.98. The lowest BCUT2D eigenvalue weighted by molar-refractivity contribution is 1.29. The van der Waals surface area contributed by atoms with Crippen LogP contribution in [0.3, 0.4) is 0 Å². The number of benzene rings is 7. The molecule has 39 heavy (non-hydrogen) atoms. The lowest BCUT2D eigenvalue weighted by Crippen LogP contribution is -2.11. The molecule has 0 bridgehead atoms. The average molecular weight is 500 g/mol. The quantitative estimate of drug-likeness (QED) is 0.218. The fraction of sp³-hybridized carbons (Fsp3) is 0.0526. The van der Waals surface area contributed by atoms with Crippen molar-refractivity contribution in [3.05, 3.63) is 151 Å². The topological polar surface area (TPSA) is 3.24 Å². The fourth-order valence-corrected chi connectivity index (χ4v) is 5.87. The molecule has 0 atom stereocenters. The van der Waals surface area contributed by atoms with Gasteiger partial charge in [0.05, 0.1) is 5.69 Å². The molecule has 0 aromatic heterocycles. The zero-order valence-corrected chi connectivity index (χ0v) is 22.2. The molecule has 0 aliphatic carbocycles. The van der Waals surface area contributed by atoms with E-state index in [0.29, 0.717) is 0 Å². The first-order valence-electron chi connectivity index (χ1n) is 13.5. The summed E-state index contributed by atoms with van der Waals surface area (Å²) in [6.45, 7) is 4.29. The van der Waals surface area contributed by atoms with Crippen LogP contribution in [0.25, 0.3) is 43.4 Å². The zero-order valence-electron chi connectivity index (χ0n) is 22.2. The Morgan fingerprint density at radius 3 is 1.36 bits per heavy atom. The molecule has 0 spiro atoms. The third-order valence-electron chi connectivity index (χ3n) is 7.77. The zero-order chi connectivity index (χ0) is 26.3. The molecule has 0 heterocycles. The van der Waals surface area contributed by atoms with Crippen LogP contribution in [0.5, 0.6) is 0 Å². The summed E-state index contributed by atoms with van der Waals surface area (Å²) in [7, 11) is 0. The highest BCUT2D eigenvalue weighted by atomic mass is 15.1. The van der Waals surface area contributed by atoms with E-state index in [1.165, 1.54) is 60.3 Å². The highest BCUT2D eigenvalue weighted by molar-refractivity contribution is 6.24. The number of fused-ring (bicyclic) bond motifs is 3. The highest BCUT2D eigenvalue weighted by Gasteiger charge is 2.22. The number of aryl methyl sites for hydroxylation is 2. The van der Waals surface area contributed by atoms with Crippen molar-refractivity contribution in [2.45, 2.75) is 13.8 Å². The summed E-state index contributed by atoms with van der Waals surface area (Å²) in [6, 6.07) is 50.9. The predicted molar refractivity (Wildman–Crippen MR) is 169 cm³/mol. The molecule has 7 aromatic rings. The fourth-order valence-electron chi connectivity index (χ4n) is 5.87. The Morgan fingerprint density at radius 2 is 0.821 bits per heavy atom. The molecule has 0 aliphatic heterocycles. The maximum atomic E-state index is 2.43. The van der Waals surface area contributed by atoms with Crippen LogP contribution in [0.2, 0.25) is 0 Å². The Bertz CT molecular complexity index is 1860. The maximum Gasteiger partial charge on any atom is 0.0618 e. The molecule has 7 rings (SSSR count). The van der Waals surface area contributed by atoms with Gasteiger partial charge in [0.15, 0.2) is 0 Å². The van der Waals surface area contributed by atoms with Gasteiger partial charge in [-0.15, -0.1) is 0 Å². The molecule has 0 saturated carbocycles. The largest absolute Gasteiger partial charge is 0.309 e. The second kappa shape index (κ2) is 9.45. The van der Waals surface area contributed by atoms with Crippen LogP contribution < -0.4 is 4.90 Å². The summed E-state index contributed by atoms with van der Waals surface area (Å²) in [6.07, 6.45) is 0. The van der Waals surface area contributed by atoms with Gasteiger partial charge in [-0.1, -0.05) is 126 Å². The minimum absolute atomic E-state index is 1.15. The van der Waals surface area contributed by atoms with Crippen molar-refractivity contribution in [1.82, 2.24) is 0 Å². The van der Waals surface area contributed by atoms with Crippen molar-refractivity contribution >= 4 is 49.4 Å². The number of rotatable bonds is 4. The molecule has 186 valence electrons. The molecule has 0 radical (unpaired) electrons. The molecular formula is C38H29N. The summed E-state index contributed by atoms with van der Waals surface area (Å²) >= 11 is 0. The van der Waals surface area contributed by atoms with Crippen molar-refractivity contribution in [3.63, 3.8) is 0 Å². The van der Waals surface area contributed by atoms with Crippen LogP contribution in [0.15, 0.2) is 140 Å². The van der Waals surface area contributed by atoms with Crippen molar-refractivity contribution in [2.24, 2.45) is 0 Å². The molecule has 7 aromatic carbocycles. The van der Waals surface area contributed by atoms with E-state index >= 15 is 0 Å². The van der Waals surface area contributed by atoms with Gasteiger partial charge in [0, 0.05) is 22.1 Å². The second-order valence-electron chi connectivity index (χ2n) is 10.3. The molecule has 0 fully saturated rings. The van der Waals surface area contributed by atoms with E-state index in [1.54, 1.807) is 0 Å². The van der Waals surface area contributed by atoms with E-state index in [0.717, 1.165) is 11.4 Å². The van der Waals surface area contributed by atoms with Crippen LogP contribution in [0, 0.1) is 13.8 Å². The first-order chi connectivity index (χ1) is 19.2. The van der Waals surface area contributed by atoms with Crippen LogP contribution in [0.4, 0.5) is 17.1 Å². The van der Waals surface area contributed by atoms with Gasteiger partial charge in [0.2, 0.25) is 0 Å². The van der Waals surface area contributed by atoms with Gasteiger partial charge in [-0.05, 0) is 70.8 Å². The first kappa shape index (κ1) is 23.3. The van der Waals surface area contributed by atoms with Crippen LogP contribution in [0.1, 0.15) is 11.1 Å². The summed E-state index contributed by atoms with van der Waals surface area (Å²) in [5.74, 6) is 0. The maximum absolute atomic E-state index is 2.43. The van der Waals surface area contributed by atoms with E-state index in [9.17, 15) is 0 Å². The minimum Gasteiger partial charge on any atom is -0.309 e. The van der Waals surface area contributed by atoms with Crippen LogP contribution in [-0.2, 0) is 0 Å². The van der Waals surface area contributed by atoms with Crippen LogP contribution >= 0.6 is 0 Å². The molecule has 0 unspecified atom stereocenters. The lowest BCUT2D eigenvalue weighted by Gasteiger charge is -2.30. The van der Waals surface area contributed by atoms with Crippen molar-refractivity contribution < 1.29 is 0 Å². The predicted octanol–water partition coefficient (Wildman–Crippen LogP) is 10.9. The Hall–Kier alpha value is -4.88. The van der Waals surface area contributed by atoms with Gasteiger partial charge in [-0.2, -0.15) is 0 Å². The molecule has 0 amide bonds. The number of hydrogen-bond donors (Lipinski definition) is 0. The number of nitrogens with zero attached hydrogens (tertiary/aromatic N) is 1. The normalized spacial score (nSPS) is 11.3. The molecule has 0 aliphatic rings. The Labute approximate surface area is 229 Å². The number of hydrogen-bond acceptors (Lipinski definition) is 1. The minimum atomic E-state index is 1.15. The highest BCUT2D eigenvalue weighted by Crippen LogP contribution is 2.48. The Morgan fingerprint density at radius 1 is 0.385 bits per heavy atom. The monoisotopic (exact) mass is 499 g/mol. The second-order valence-corrected chi connectivity index (χ2v) is 10.3. The van der Waals surface area contributed by atoms with E-state index in [1.807, 2.05) is 0 Å². The summed E-state index contributed by atoms with van der Waals surface area (Å²) in [4.78, 5) is 2.43. The number of anilines is 3. The smallest absolute Gasteiger partial charge is 0.0618 e. The van der Waals surface area contributed by atoms with E-state index in [4.69, 9.17) is 0 Å². The molecule has 1 heteroatoms. The SMILES string of the molecule is Cc1ccc(N(c2ccc(C)cc2)c2c3ccccc3c(-c3cccc4ccccc34)c3ccccc23)cc1. The Kier molecular flexibility index (Phi) is 5.64. The van der Waals surface area contributed by atoms with Gasteiger partial charge in [0.25, 0.3) is 0 Å². The van der Waals surface area contributed by atoms with E-state index in [2.05, 4.69) is 158 Å². The van der Waals surface area contributed by atoms with E-state index in [-0.39, 0.29) is 0 Å². The third kappa shape index (κ3) is 3.95. The van der Waals surface area contributed by atoms with Gasteiger partial charge < -0.3 is 4.90 Å². The Balaban J connectivity index is 1.63.